The van der Waals surface area contributed by atoms with E-state index in [-0.39, 0.29) is 35.5 Å². The van der Waals surface area contributed by atoms with Crippen LogP contribution in [0.15, 0.2) is 9.52 Å². The summed E-state index contributed by atoms with van der Waals surface area (Å²) >= 11 is 0. The van der Waals surface area contributed by atoms with Crippen LogP contribution in [0.3, 0.4) is 0 Å². The molecule has 1 aromatic rings. The van der Waals surface area contributed by atoms with Crippen molar-refractivity contribution in [3.8, 4) is 0 Å². The summed E-state index contributed by atoms with van der Waals surface area (Å²) in [6.45, 7) is 14.5. The lowest BCUT2D eigenvalue weighted by Crippen LogP contribution is -2.39. The SMILES string of the molecule is CCOC(CCNC(=NC)NCc1noc(C(C)(C)C)n1)C(C)C.I. The van der Waals surface area contributed by atoms with Crippen LogP contribution in [0, 0.1) is 5.92 Å². The molecule has 2 N–H and O–H groups in total. The summed E-state index contributed by atoms with van der Waals surface area (Å²) in [7, 11) is 1.74. The predicted octanol–water partition coefficient (Wildman–Crippen LogP) is 3.10. The van der Waals surface area contributed by atoms with Gasteiger partial charge in [0, 0.05) is 25.6 Å². The van der Waals surface area contributed by atoms with E-state index in [2.05, 4.69) is 39.6 Å². The van der Waals surface area contributed by atoms with E-state index < -0.39 is 0 Å². The highest BCUT2D eigenvalue weighted by Crippen LogP contribution is 2.19. The topological polar surface area (TPSA) is 84.6 Å². The lowest BCUT2D eigenvalue weighted by Gasteiger charge is -2.21. The number of aromatic nitrogens is 2. The summed E-state index contributed by atoms with van der Waals surface area (Å²) in [6, 6.07) is 0. The van der Waals surface area contributed by atoms with Crippen LogP contribution in [0.1, 0.15) is 59.7 Å². The summed E-state index contributed by atoms with van der Waals surface area (Å²) in [5.74, 6) is 2.48. The van der Waals surface area contributed by atoms with Gasteiger partial charge in [-0.2, -0.15) is 4.98 Å². The van der Waals surface area contributed by atoms with Crippen LogP contribution >= 0.6 is 24.0 Å². The second kappa shape index (κ2) is 11.7. The molecule has 146 valence electrons. The molecule has 7 nitrogen and oxygen atoms in total. The van der Waals surface area contributed by atoms with Gasteiger partial charge in [0.15, 0.2) is 11.8 Å². The van der Waals surface area contributed by atoms with Gasteiger partial charge in [-0.25, -0.2) is 0 Å². The molecule has 0 aliphatic carbocycles. The number of rotatable bonds is 8. The quantitative estimate of drug-likeness (QED) is 0.347. The number of halogens is 1. The van der Waals surface area contributed by atoms with E-state index in [0.29, 0.717) is 24.2 Å². The third kappa shape index (κ3) is 8.84. The van der Waals surface area contributed by atoms with E-state index in [0.717, 1.165) is 25.5 Å². The fraction of sp³-hybridized carbons (Fsp3) is 0.824. The van der Waals surface area contributed by atoms with Gasteiger partial charge in [0.25, 0.3) is 0 Å². The van der Waals surface area contributed by atoms with Gasteiger partial charge in [-0.05, 0) is 19.3 Å². The van der Waals surface area contributed by atoms with Crippen molar-refractivity contribution >= 4 is 29.9 Å². The lowest BCUT2D eigenvalue weighted by molar-refractivity contribution is 0.0258. The van der Waals surface area contributed by atoms with Crippen LogP contribution in [0.25, 0.3) is 0 Å². The van der Waals surface area contributed by atoms with E-state index in [9.17, 15) is 0 Å². The fourth-order valence-corrected chi connectivity index (χ4v) is 2.17. The number of ether oxygens (including phenoxy) is 1. The van der Waals surface area contributed by atoms with Gasteiger partial charge in [-0.3, -0.25) is 4.99 Å². The Morgan fingerprint density at radius 1 is 1.28 bits per heavy atom. The number of nitrogens with one attached hydrogen (secondary N) is 2. The van der Waals surface area contributed by atoms with Crippen molar-refractivity contribution in [1.29, 1.82) is 0 Å². The molecule has 0 saturated heterocycles. The third-order valence-corrected chi connectivity index (χ3v) is 3.59. The van der Waals surface area contributed by atoms with Crippen LogP contribution in [0.2, 0.25) is 0 Å². The van der Waals surface area contributed by atoms with Gasteiger partial charge in [-0.1, -0.05) is 39.8 Å². The minimum absolute atomic E-state index is 0. The maximum absolute atomic E-state index is 5.75. The molecule has 0 aliphatic heterocycles. The largest absolute Gasteiger partial charge is 0.378 e. The molecule has 1 rings (SSSR count). The molecule has 0 saturated carbocycles. The zero-order valence-electron chi connectivity index (χ0n) is 16.5. The molecule has 0 radical (unpaired) electrons. The minimum atomic E-state index is -0.143. The van der Waals surface area contributed by atoms with Crippen LogP contribution in [-0.4, -0.2) is 42.4 Å². The Morgan fingerprint density at radius 3 is 2.44 bits per heavy atom. The standard InChI is InChI=1S/C17H33N5O2.HI/c1-8-23-13(12(2)3)9-10-19-16(18-7)20-11-14-21-15(24-22-14)17(4,5)6;/h12-13H,8-11H2,1-7H3,(H2,18,19,20);1H. The molecule has 0 aromatic carbocycles. The Bertz CT molecular complexity index is 511. The summed E-state index contributed by atoms with van der Waals surface area (Å²) in [5, 5.41) is 10.5. The zero-order valence-corrected chi connectivity index (χ0v) is 18.9. The summed E-state index contributed by atoms with van der Waals surface area (Å²) < 4.78 is 11.0. The van der Waals surface area contributed by atoms with E-state index in [1.807, 2.05) is 27.7 Å². The molecule has 1 atom stereocenters. The monoisotopic (exact) mass is 467 g/mol. The first kappa shape index (κ1) is 24.1. The van der Waals surface area contributed by atoms with Crippen molar-refractivity contribution in [2.45, 2.75) is 66.0 Å². The first-order chi connectivity index (χ1) is 11.3. The molecule has 1 heterocycles. The van der Waals surface area contributed by atoms with Gasteiger partial charge >= 0.3 is 0 Å². The molecule has 0 aliphatic rings. The Balaban J connectivity index is 0.00000576. The van der Waals surface area contributed by atoms with Crippen molar-refractivity contribution in [2.75, 3.05) is 20.2 Å². The highest BCUT2D eigenvalue weighted by molar-refractivity contribution is 14.0. The average molecular weight is 467 g/mol. The lowest BCUT2D eigenvalue weighted by atomic mass is 9.97. The van der Waals surface area contributed by atoms with Crippen LogP contribution < -0.4 is 10.6 Å². The van der Waals surface area contributed by atoms with Crippen molar-refractivity contribution < 1.29 is 9.26 Å². The van der Waals surface area contributed by atoms with Crippen LogP contribution in [-0.2, 0) is 16.7 Å². The summed E-state index contributed by atoms with van der Waals surface area (Å²) in [5.41, 5.74) is -0.143. The first-order valence-corrected chi connectivity index (χ1v) is 8.67. The van der Waals surface area contributed by atoms with Gasteiger partial charge in [0.2, 0.25) is 5.89 Å². The van der Waals surface area contributed by atoms with Crippen molar-refractivity contribution in [2.24, 2.45) is 10.9 Å². The minimum Gasteiger partial charge on any atom is -0.378 e. The highest BCUT2D eigenvalue weighted by atomic mass is 127. The molecular weight excluding hydrogens is 433 g/mol. The van der Waals surface area contributed by atoms with Gasteiger partial charge in [-0.15, -0.1) is 24.0 Å². The second-order valence-corrected chi connectivity index (χ2v) is 7.14. The van der Waals surface area contributed by atoms with E-state index in [4.69, 9.17) is 9.26 Å². The van der Waals surface area contributed by atoms with Crippen molar-refractivity contribution in [1.82, 2.24) is 20.8 Å². The maximum atomic E-state index is 5.75. The average Bonchev–Trinajstić information content (AvgIpc) is 2.98. The molecule has 1 aromatic heterocycles. The second-order valence-electron chi connectivity index (χ2n) is 7.14. The summed E-state index contributed by atoms with van der Waals surface area (Å²) in [4.78, 5) is 8.61. The summed E-state index contributed by atoms with van der Waals surface area (Å²) in [6.07, 6.45) is 1.19. The van der Waals surface area contributed by atoms with E-state index in [1.54, 1.807) is 7.05 Å². The predicted molar refractivity (Wildman–Crippen MR) is 111 cm³/mol. The number of aliphatic imine (C=N–C) groups is 1. The molecule has 0 fully saturated rings. The molecule has 8 heteroatoms. The van der Waals surface area contributed by atoms with Crippen LogP contribution in [0.5, 0.6) is 0 Å². The van der Waals surface area contributed by atoms with Crippen LogP contribution in [0.4, 0.5) is 0 Å². The third-order valence-electron chi connectivity index (χ3n) is 3.59. The molecular formula is C17H34IN5O2. The van der Waals surface area contributed by atoms with Gasteiger partial charge in [0.05, 0.1) is 12.6 Å². The molecule has 0 bridgehead atoms. The Hall–Kier alpha value is -0.900. The normalized spacial score (nSPS) is 13.5. The van der Waals surface area contributed by atoms with Crippen molar-refractivity contribution in [3.63, 3.8) is 0 Å². The van der Waals surface area contributed by atoms with Gasteiger partial charge < -0.3 is 19.9 Å². The highest BCUT2D eigenvalue weighted by Gasteiger charge is 2.21. The molecule has 1 unspecified atom stereocenters. The number of guanidine groups is 1. The fourth-order valence-electron chi connectivity index (χ4n) is 2.17. The van der Waals surface area contributed by atoms with Gasteiger partial charge in [0.1, 0.15) is 0 Å². The Kier molecular flexibility index (Phi) is 11.2. The number of hydrogen-bond donors (Lipinski definition) is 2. The Morgan fingerprint density at radius 2 is 1.96 bits per heavy atom. The first-order valence-electron chi connectivity index (χ1n) is 8.67. The van der Waals surface area contributed by atoms with Crippen molar-refractivity contribution in [3.05, 3.63) is 11.7 Å². The molecule has 0 amide bonds. The van der Waals surface area contributed by atoms with E-state index >= 15 is 0 Å². The Labute approximate surface area is 168 Å². The number of nitrogens with zero attached hydrogens (tertiary/aromatic N) is 3. The molecule has 25 heavy (non-hydrogen) atoms. The smallest absolute Gasteiger partial charge is 0.232 e. The van der Waals surface area contributed by atoms with E-state index in [1.165, 1.54) is 0 Å². The molecule has 0 spiro atoms. The zero-order chi connectivity index (χ0) is 18.2. The maximum Gasteiger partial charge on any atom is 0.232 e. The number of hydrogen-bond acceptors (Lipinski definition) is 5.